The van der Waals surface area contributed by atoms with Gasteiger partial charge in [0.1, 0.15) is 0 Å². The van der Waals surface area contributed by atoms with Crippen LogP contribution in [0.15, 0.2) is 36.4 Å². The minimum absolute atomic E-state index is 0.436. The van der Waals surface area contributed by atoms with Gasteiger partial charge >= 0.3 is 0 Å². The Kier molecular flexibility index (Phi) is 8.57. The summed E-state index contributed by atoms with van der Waals surface area (Å²) < 4.78 is 6.21. The summed E-state index contributed by atoms with van der Waals surface area (Å²) in [5.41, 5.74) is 8.69. The van der Waals surface area contributed by atoms with Crippen LogP contribution in [0, 0.1) is 0 Å². The van der Waals surface area contributed by atoms with E-state index in [1.54, 1.807) is 0 Å². The average molecular weight is 367 g/mol. The van der Waals surface area contributed by atoms with Crippen LogP contribution in [0.5, 0.6) is 0 Å². The first-order chi connectivity index (χ1) is 13.0. The molecule has 0 saturated heterocycles. The zero-order valence-electron chi connectivity index (χ0n) is 18.3. The molecule has 0 N–H and O–H groups in total. The molecule has 0 aromatic heterocycles. The van der Waals surface area contributed by atoms with E-state index in [9.17, 15) is 0 Å². The number of rotatable bonds is 10. The van der Waals surface area contributed by atoms with Crippen molar-refractivity contribution in [2.24, 2.45) is 0 Å². The maximum Gasteiger partial charge on any atom is 0.0532 e. The Morgan fingerprint density at radius 1 is 0.630 bits per heavy atom. The largest absolute Gasteiger partial charge is 0.380 e. The molecule has 2 rings (SSSR count). The highest BCUT2D eigenvalue weighted by atomic mass is 16.5. The van der Waals surface area contributed by atoms with E-state index in [2.05, 4.69) is 77.9 Å². The van der Waals surface area contributed by atoms with Crippen molar-refractivity contribution in [3.63, 3.8) is 0 Å². The van der Waals surface area contributed by atoms with E-state index in [1.807, 2.05) is 0 Å². The predicted molar refractivity (Wildman–Crippen MR) is 118 cm³/mol. The molecule has 27 heavy (non-hydrogen) atoms. The zero-order chi connectivity index (χ0) is 19.8. The number of aryl methyl sites for hydroxylation is 4. The van der Waals surface area contributed by atoms with Gasteiger partial charge in [0.15, 0.2) is 0 Å². The fraction of sp³-hybridized carbons (Fsp3) is 0.538. The van der Waals surface area contributed by atoms with Crippen molar-refractivity contribution in [2.45, 2.75) is 79.1 Å². The summed E-state index contributed by atoms with van der Waals surface area (Å²) in [4.78, 5) is 0. The maximum absolute atomic E-state index is 6.21. The number of benzene rings is 2. The van der Waals surface area contributed by atoms with Gasteiger partial charge in [-0.3, -0.25) is 0 Å². The third-order valence-corrected chi connectivity index (χ3v) is 5.80. The molecule has 0 heterocycles. The fourth-order valence-electron chi connectivity index (χ4n) is 3.89. The summed E-state index contributed by atoms with van der Waals surface area (Å²) in [5, 5.41) is 0. The van der Waals surface area contributed by atoms with Gasteiger partial charge in [-0.05, 0) is 59.1 Å². The van der Waals surface area contributed by atoms with E-state index in [1.165, 1.54) is 33.4 Å². The molecule has 2 aromatic carbocycles. The highest BCUT2D eigenvalue weighted by molar-refractivity contribution is 5.36. The fourth-order valence-corrected chi connectivity index (χ4v) is 3.89. The number of hydrogen-bond acceptors (Lipinski definition) is 1. The van der Waals surface area contributed by atoms with Crippen molar-refractivity contribution in [1.29, 1.82) is 0 Å². The Labute approximate surface area is 167 Å². The highest BCUT2D eigenvalue weighted by Gasteiger charge is 2.14. The van der Waals surface area contributed by atoms with Crippen LogP contribution in [0.1, 0.15) is 86.8 Å². The maximum atomic E-state index is 6.21. The highest BCUT2D eigenvalue weighted by Crippen LogP contribution is 2.26. The zero-order valence-corrected chi connectivity index (χ0v) is 18.3. The molecule has 2 unspecified atom stereocenters. The van der Waals surface area contributed by atoms with Gasteiger partial charge in [0.2, 0.25) is 0 Å². The van der Waals surface area contributed by atoms with Gasteiger partial charge in [0.25, 0.3) is 0 Å². The average Bonchev–Trinajstić information content (AvgIpc) is 2.72. The minimum atomic E-state index is 0.436. The molecule has 2 atom stereocenters. The van der Waals surface area contributed by atoms with Gasteiger partial charge in [0, 0.05) is 11.8 Å². The van der Waals surface area contributed by atoms with E-state index in [-0.39, 0.29) is 0 Å². The Hall–Kier alpha value is -1.60. The molecule has 0 aliphatic carbocycles. The van der Waals surface area contributed by atoms with Gasteiger partial charge < -0.3 is 4.74 Å². The lowest BCUT2D eigenvalue weighted by atomic mass is 9.91. The molecule has 0 aliphatic rings. The van der Waals surface area contributed by atoms with Gasteiger partial charge in [-0.1, -0.05) is 77.9 Å². The summed E-state index contributed by atoms with van der Waals surface area (Å²) in [5.74, 6) is 0.873. The third-order valence-electron chi connectivity index (χ3n) is 5.80. The molecule has 0 aliphatic heterocycles. The van der Waals surface area contributed by atoms with Crippen molar-refractivity contribution in [2.75, 3.05) is 13.2 Å². The Balaban J connectivity index is 2.02. The third kappa shape index (κ3) is 5.69. The van der Waals surface area contributed by atoms with Crippen LogP contribution in [-0.2, 0) is 30.4 Å². The first kappa shape index (κ1) is 21.7. The molecular formula is C26H38O. The standard InChI is InChI=1S/C26H38O/c1-7-21-11-13-23(9-3)25(15-21)19(5)17-27-18-20(6)26-16-22(8-2)12-14-24(26)10-4/h11-16,19-20H,7-10,17-18H2,1-6H3. The molecule has 0 amide bonds. The Bertz CT molecular complexity index is 655. The molecule has 0 fully saturated rings. The molecule has 1 heteroatoms. The summed E-state index contributed by atoms with van der Waals surface area (Å²) in [6.07, 6.45) is 4.36. The van der Waals surface area contributed by atoms with E-state index < -0.39 is 0 Å². The molecule has 1 nitrogen and oxygen atoms in total. The Morgan fingerprint density at radius 3 is 1.37 bits per heavy atom. The second-order valence-corrected chi connectivity index (χ2v) is 7.82. The molecule has 0 saturated carbocycles. The van der Waals surface area contributed by atoms with Gasteiger partial charge in [-0.25, -0.2) is 0 Å². The predicted octanol–water partition coefficient (Wildman–Crippen LogP) is 6.86. The molecule has 0 bridgehead atoms. The lowest BCUT2D eigenvalue weighted by Gasteiger charge is -2.21. The van der Waals surface area contributed by atoms with Crippen LogP contribution in [0.4, 0.5) is 0 Å². The number of ether oxygens (including phenoxy) is 1. The second kappa shape index (κ2) is 10.7. The minimum Gasteiger partial charge on any atom is -0.380 e. The second-order valence-electron chi connectivity index (χ2n) is 7.82. The van der Waals surface area contributed by atoms with Gasteiger partial charge in [-0.15, -0.1) is 0 Å². The van der Waals surface area contributed by atoms with Crippen molar-refractivity contribution >= 4 is 0 Å². The van der Waals surface area contributed by atoms with Gasteiger partial charge in [-0.2, -0.15) is 0 Å². The summed E-state index contributed by atoms with van der Waals surface area (Å²) >= 11 is 0. The first-order valence-corrected chi connectivity index (χ1v) is 10.8. The monoisotopic (exact) mass is 366 g/mol. The van der Waals surface area contributed by atoms with Crippen molar-refractivity contribution in [1.82, 2.24) is 0 Å². The normalized spacial score (nSPS) is 13.6. The van der Waals surface area contributed by atoms with Crippen molar-refractivity contribution in [3.8, 4) is 0 Å². The van der Waals surface area contributed by atoms with Crippen LogP contribution in [0.25, 0.3) is 0 Å². The van der Waals surface area contributed by atoms with Crippen LogP contribution in [0.3, 0.4) is 0 Å². The van der Waals surface area contributed by atoms with Crippen LogP contribution in [0.2, 0.25) is 0 Å². The Morgan fingerprint density at radius 2 is 1.04 bits per heavy atom. The first-order valence-electron chi connectivity index (χ1n) is 10.8. The van der Waals surface area contributed by atoms with Crippen molar-refractivity contribution < 1.29 is 4.74 Å². The van der Waals surface area contributed by atoms with E-state index >= 15 is 0 Å². The van der Waals surface area contributed by atoms with E-state index in [4.69, 9.17) is 4.74 Å². The van der Waals surface area contributed by atoms with E-state index in [0.29, 0.717) is 11.8 Å². The van der Waals surface area contributed by atoms with Crippen molar-refractivity contribution in [3.05, 3.63) is 69.8 Å². The van der Waals surface area contributed by atoms with Crippen LogP contribution >= 0.6 is 0 Å². The quantitative estimate of drug-likeness (QED) is 0.446. The van der Waals surface area contributed by atoms with Crippen LogP contribution in [-0.4, -0.2) is 13.2 Å². The molecule has 0 spiro atoms. The SMILES string of the molecule is CCc1ccc(CC)c(C(C)COCC(C)c2cc(CC)ccc2CC)c1. The molecule has 148 valence electrons. The lowest BCUT2D eigenvalue weighted by molar-refractivity contribution is 0.113. The molecule has 0 radical (unpaired) electrons. The lowest BCUT2D eigenvalue weighted by Crippen LogP contribution is -2.12. The number of hydrogen-bond donors (Lipinski definition) is 0. The topological polar surface area (TPSA) is 9.23 Å². The van der Waals surface area contributed by atoms with Gasteiger partial charge in [0.05, 0.1) is 13.2 Å². The summed E-state index contributed by atoms with van der Waals surface area (Å²) in [6.45, 7) is 15.1. The summed E-state index contributed by atoms with van der Waals surface area (Å²) in [7, 11) is 0. The molecule has 2 aromatic rings. The van der Waals surface area contributed by atoms with Crippen LogP contribution < -0.4 is 0 Å². The van der Waals surface area contributed by atoms with E-state index in [0.717, 1.165) is 38.9 Å². The molecular weight excluding hydrogens is 328 g/mol. The smallest absolute Gasteiger partial charge is 0.0532 e. The summed E-state index contributed by atoms with van der Waals surface area (Å²) in [6, 6.07) is 13.9.